The van der Waals surface area contributed by atoms with Crippen LogP contribution in [0.4, 0.5) is 35.5 Å². The van der Waals surface area contributed by atoms with Crippen LogP contribution in [0.3, 0.4) is 0 Å². The Kier molecular flexibility index (Phi) is 9.60. The molecule has 0 saturated carbocycles. The molecule has 35 heavy (non-hydrogen) atoms. The molecule has 2 amide bonds. The molecular formula is C21H14BrCl2F7N2O2. The highest BCUT2D eigenvalue weighted by molar-refractivity contribution is 9.10. The van der Waals surface area contributed by atoms with Crippen LogP contribution in [-0.4, -0.2) is 37.3 Å². The van der Waals surface area contributed by atoms with Gasteiger partial charge in [-0.1, -0.05) is 57.4 Å². The van der Waals surface area contributed by atoms with Gasteiger partial charge in [0.25, 0.3) is 0 Å². The van der Waals surface area contributed by atoms with Crippen molar-refractivity contribution in [3.05, 3.63) is 73.4 Å². The zero-order chi connectivity index (χ0) is 26.6. The molecule has 0 bridgehead atoms. The molecule has 0 aliphatic heterocycles. The summed E-state index contributed by atoms with van der Waals surface area (Å²) in [5.74, 6) is -3.88. The SMILES string of the molecule is O=C(NCC(=O)c1ccc(/C=C/C(c2cc(Cl)c(F)c(Cl)c2)C(F)(F)F)cc1Br)NCC(F)(F)F. The second-order valence-corrected chi connectivity index (χ2v) is 8.66. The first-order valence-corrected chi connectivity index (χ1v) is 10.9. The normalized spacial score (nSPS) is 13.1. The lowest BCUT2D eigenvalue weighted by molar-refractivity contribution is -0.139. The summed E-state index contributed by atoms with van der Waals surface area (Å²) in [6, 6.07) is 4.34. The predicted molar refractivity (Wildman–Crippen MR) is 120 cm³/mol. The van der Waals surface area contributed by atoms with Crippen molar-refractivity contribution in [1.82, 2.24) is 10.6 Å². The Morgan fingerprint density at radius 1 is 1.00 bits per heavy atom. The van der Waals surface area contributed by atoms with E-state index in [9.17, 15) is 40.3 Å². The summed E-state index contributed by atoms with van der Waals surface area (Å²) in [6.07, 6.45) is -7.46. The summed E-state index contributed by atoms with van der Waals surface area (Å²) in [5, 5.41) is 2.38. The monoisotopic (exact) mass is 608 g/mol. The maximum Gasteiger partial charge on any atom is 0.405 e. The molecule has 2 aromatic rings. The first-order valence-electron chi connectivity index (χ1n) is 9.39. The second-order valence-electron chi connectivity index (χ2n) is 6.99. The van der Waals surface area contributed by atoms with E-state index in [1.807, 2.05) is 5.32 Å². The average Bonchev–Trinajstić information content (AvgIpc) is 2.73. The highest BCUT2D eigenvalue weighted by Crippen LogP contribution is 2.39. The van der Waals surface area contributed by atoms with E-state index < -0.39 is 59.0 Å². The maximum absolute atomic E-state index is 13.6. The fourth-order valence-corrected chi connectivity index (χ4v) is 3.85. The van der Waals surface area contributed by atoms with Crippen LogP contribution in [0.25, 0.3) is 6.08 Å². The number of urea groups is 1. The Morgan fingerprint density at radius 3 is 2.11 bits per heavy atom. The topological polar surface area (TPSA) is 58.2 Å². The zero-order valence-electron chi connectivity index (χ0n) is 17.1. The number of carbonyl (C=O) groups excluding carboxylic acids is 2. The molecule has 0 aliphatic rings. The van der Waals surface area contributed by atoms with E-state index >= 15 is 0 Å². The van der Waals surface area contributed by atoms with Crippen LogP contribution in [-0.2, 0) is 0 Å². The number of rotatable bonds is 7. The van der Waals surface area contributed by atoms with Crippen molar-refractivity contribution < 1.29 is 40.3 Å². The summed E-state index contributed by atoms with van der Waals surface area (Å²) in [7, 11) is 0. The summed E-state index contributed by atoms with van der Waals surface area (Å²) >= 11 is 14.3. The molecular weight excluding hydrogens is 596 g/mol. The Labute approximate surface area is 212 Å². The largest absolute Gasteiger partial charge is 0.405 e. The summed E-state index contributed by atoms with van der Waals surface area (Å²) in [5.41, 5.74) is -0.105. The first kappa shape index (κ1) is 28.9. The van der Waals surface area contributed by atoms with Gasteiger partial charge in [0.05, 0.1) is 22.5 Å². The molecule has 1 unspecified atom stereocenters. The molecule has 190 valence electrons. The lowest BCUT2D eigenvalue weighted by atomic mass is 9.96. The number of hydrogen-bond donors (Lipinski definition) is 2. The van der Waals surface area contributed by atoms with E-state index in [-0.39, 0.29) is 21.2 Å². The first-order chi connectivity index (χ1) is 16.1. The number of halogens is 10. The molecule has 0 aliphatic carbocycles. The number of benzene rings is 2. The van der Waals surface area contributed by atoms with Gasteiger partial charge in [0.15, 0.2) is 11.6 Å². The summed E-state index contributed by atoms with van der Waals surface area (Å²) in [6.45, 7) is -2.20. The molecule has 2 rings (SSSR count). The predicted octanol–water partition coefficient (Wildman–Crippen LogP) is 7.30. The van der Waals surface area contributed by atoms with Crippen molar-refractivity contribution in [2.24, 2.45) is 0 Å². The molecule has 2 N–H and O–H groups in total. The van der Waals surface area contributed by atoms with Crippen LogP contribution >= 0.6 is 39.1 Å². The van der Waals surface area contributed by atoms with Gasteiger partial charge < -0.3 is 10.6 Å². The number of nitrogens with one attached hydrogen (secondary N) is 2. The van der Waals surface area contributed by atoms with E-state index in [1.165, 1.54) is 23.5 Å². The Balaban J connectivity index is 2.15. The molecule has 1 atom stereocenters. The molecule has 0 heterocycles. The number of hydrogen-bond acceptors (Lipinski definition) is 2. The molecule has 0 spiro atoms. The number of carbonyl (C=O) groups is 2. The van der Waals surface area contributed by atoms with Crippen LogP contribution in [0.15, 0.2) is 40.9 Å². The Hall–Kier alpha value is -2.31. The van der Waals surface area contributed by atoms with E-state index in [0.717, 1.165) is 24.3 Å². The van der Waals surface area contributed by atoms with Gasteiger partial charge in [0.1, 0.15) is 6.54 Å². The van der Waals surface area contributed by atoms with Gasteiger partial charge in [-0.3, -0.25) is 4.79 Å². The van der Waals surface area contributed by atoms with Crippen LogP contribution in [0.2, 0.25) is 10.0 Å². The highest BCUT2D eigenvalue weighted by atomic mass is 79.9. The van der Waals surface area contributed by atoms with Crippen molar-refractivity contribution in [3.8, 4) is 0 Å². The van der Waals surface area contributed by atoms with Gasteiger partial charge in [-0.05, 0) is 35.4 Å². The average molecular weight is 610 g/mol. The van der Waals surface area contributed by atoms with E-state index in [2.05, 4.69) is 15.9 Å². The number of ketones is 1. The molecule has 14 heteroatoms. The van der Waals surface area contributed by atoms with Crippen molar-refractivity contribution in [2.75, 3.05) is 13.1 Å². The number of Topliss-reactive ketones (excluding diaryl/α,β-unsaturated/α-hetero) is 1. The van der Waals surface area contributed by atoms with Crippen LogP contribution in [0.5, 0.6) is 0 Å². The summed E-state index contributed by atoms with van der Waals surface area (Å²) in [4.78, 5) is 23.6. The van der Waals surface area contributed by atoms with Crippen LogP contribution in [0, 0.1) is 5.82 Å². The Bertz CT molecular complexity index is 1110. The van der Waals surface area contributed by atoms with Crippen molar-refractivity contribution >= 4 is 57.0 Å². The molecule has 0 aromatic heterocycles. The maximum atomic E-state index is 13.6. The third kappa shape index (κ3) is 8.69. The zero-order valence-corrected chi connectivity index (χ0v) is 20.2. The molecule has 0 fully saturated rings. The summed E-state index contributed by atoms with van der Waals surface area (Å²) < 4.78 is 90.8. The lowest BCUT2D eigenvalue weighted by Gasteiger charge is -2.18. The van der Waals surface area contributed by atoms with Gasteiger partial charge >= 0.3 is 18.4 Å². The minimum absolute atomic E-state index is 0.0303. The van der Waals surface area contributed by atoms with Gasteiger partial charge in [0.2, 0.25) is 0 Å². The van der Waals surface area contributed by atoms with Crippen LogP contribution < -0.4 is 10.6 Å². The second kappa shape index (κ2) is 11.6. The fraction of sp³-hybridized carbons (Fsp3) is 0.238. The lowest BCUT2D eigenvalue weighted by Crippen LogP contribution is -2.42. The molecule has 0 saturated heterocycles. The quantitative estimate of drug-likeness (QED) is 0.197. The van der Waals surface area contributed by atoms with E-state index in [4.69, 9.17) is 23.2 Å². The van der Waals surface area contributed by atoms with Gasteiger partial charge in [-0.15, -0.1) is 0 Å². The molecule has 2 aromatic carbocycles. The third-order valence-corrected chi connectivity index (χ3v) is 5.56. The molecule has 4 nitrogen and oxygen atoms in total. The Morgan fingerprint density at radius 2 is 1.60 bits per heavy atom. The van der Waals surface area contributed by atoms with Crippen LogP contribution in [0.1, 0.15) is 27.4 Å². The van der Waals surface area contributed by atoms with Crippen molar-refractivity contribution in [2.45, 2.75) is 18.3 Å². The highest BCUT2D eigenvalue weighted by Gasteiger charge is 2.39. The smallest absolute Gasteiger partial charge is 0.331 e. The third-order valence-electron chi connectivity index (χ3n) is 4.35. The van der Waals surface area contributed by atoms with Gasteiger partial charge in [-0.2, -0.15) is 26.3 Å². The van der Waals surface area contributed by atoms with Gasteiger partial charge in [-0.25, -0.2) is 9.18 Å². The standard InChI is InChI=1S/C21H14BrCl2F7N2O2/c22-14-5-10(1-3-12(14)17(34)8-32-19(35)33-9-20(26,27)28)2-4-13(21(29,30)31)11-6-15(23)18(25)16(24)7-11/h1-7,13H,8-9H2,(H2,32,33,35)/b4-2+. The number of alkyl halides is 6. The fourth-order valence-electron chi connectivity index (χ4n) is 2.73. The van der Waals surface area contributed by atoms with E-state index in [0.29, 0.717) is 0 Å². The van der Waals surface area contributed by atoms with Crippen molar-refractivity contribution in [1.29, 1.82) is 0 Å². The minimum atomic E-state index is -4.76. The number of amides is 2. The van der Waals surface area contributed by atoms with Gasteiger partial charge in [0, 0.05) is 10.0 Å². The number of allylic oxidation sites excluding steroid dienone is 1. The van der Waals surface area contributed by atoms with E-state index in [1.54, 1.807) is 0 Å². The molecule has 0 radical (unpaired) electrons. The van der Waals surface area contributed by atoms with Crippen molar-refractivity contribution in [3.63, 3.8) is 0 Å². The minimum Gasteiger partial charge on any atom is -0.331 e.